The normalized spacial score (nSPS) is 19.8. The number of carbonyl (C=O) groups excluding carboxylic acids is 1. The molecule has 1 aliphatic rings. The molecule has 0 radical (unpaired) electrons. The predicted molar refractivity (Wildman–Crippen MR) is 83.0 cm³/mol. The van der Waals surface area contributed by atoms with Gasteiger partial charge in [-0.15, -0.1) is 11.3 Å². The highest BCUT2D eigenvalue weighted by atomic mass is 32.1. The Hall–Kier alpha value is -1.14. The summed E-state index contributed by atoms with van der Waals surface area (Å²) >= 11 is 1.69. The zero-order valence-corrected chi connectivity index (χ0v) is 13.1. The summed E-state index contributed by atoms with van der Waals surface area (Å²) in [7, 11) is 1.72. The number of piperidine rings is 1. The van der Waals surface area contributed by atoms with Crippen LogP contribution in [-0.4, -0.2) is 42.0 Å². The molecule has 0 aliphatic carbocycles. The minimum atomic E-state index is 0.0166. The average molecular weight is 296 g/mol. The number of hydrogen-bond acceptors (Lipinski definition) is 5. The largest absolute Gasteiger partial charge is 0.362 e. The third-order valence-corrected chi connectivity index (χ3v) is 4.54. The first-order chi connectivity index (χ1) is 9.74. The number of rotatable bonds is 6. The molecule has 112 valence electrons. The summed E-state index contributed by atoms with van der Waals surface area (Å²) in [5, 5.41) is 7.07. The molecule has 1 atom stereocenters. The van der Waals surface area contributed by atoms with Crippen molar-refractivity contribution in [1.29, 1.82) is 0 Å². The Morgan fingerprint density at radius 2 is 2.40 bits per heavy atom. The van der Waals surface area contributed by atoms with E-state index in [1.165, 1.54) is 11.3 Å². The molecular formula is C14H24N4OS. The molecule has 1 fully saturated rings. The minimum Gasteiger partial charge on any atom is -0.362 e. The van der Waals surface area contributed by atoms with Crippen molar-refractivity contribution in [2.24, 2.45) is 0 Å². The minimum absolute atomic E-state index is 0.0166. The van der Waals surface area contributed by atoms with Crippen LogP contribution in [0, 0.1) is 0 Å². The van der Waals surface area contributed by atoms with Gasteiger partial charge in [0.1, 0.15) is 0 Å². The maximum Gasteiger partial charge on any atom is 0.237 e. The summed E-state index contributed by atoms with van der Waals surface area (Å²) in [6.07, 6.45) is 6.30. The van der Waals surface area contributed by atoms with Crippen molar-refractivity contribution in [2.45, 2.75) is 45.2 Å². The van der Waals surface area contributed by atoms with E-state index in [4.69, 9.17) is 0 Å². The van der Waals surface area contributed by atoms with Crippen molar-refractivity contribution in [3.05, 3.63) is 11.1 Å². The fraction of sp³-hybridized carbons (Fsp3) is 0.714. The molecule has 2 rings (SSSR count). The second-order valence-corrected chi connectivity index (χ2v) is 6.27. The number of nitrogens with zero attached hydrogens (tertiary/aromatic N) is 2. The summed E-state index contributed by atoms with van der Waals surface area (Å²) < 4.78 is 0. The van der Waals surface area contributed by atoms with Crippen LogP contribution in [0.15, 0.2) is 6.20 Å². The summed E-state index contributed by atoms with van der Waals surface area (Å²) in [5.74, 6) is 0.138. The molecule has 0 aromatic carbocycles. The molecule has 20 heavy (non-hydrogen) atoms. The zero-order chi connectivity index (χ0) is 14.4. The van der Waals surface area contributed by atoms with Crippen LogP contribution in [0.3, 0.4) is 0 Å². The number of likely N-dealkylation sites (tertiary alicyclic amines) is 1. The molecule has 0 bridgehead atoms. The number of nitrogens with one attached hydrogen (secondary N) is 2. The molecule has 6 heteroatoms. The van der Waals surface area contributed by atoms with Crippen LogP contribution in [0.4, 0.5) is 5.13 Å². The Morgan fingerprint density at radius 1 is 1.55 bits per heavy atom. The van der Waals surface area contributed by atoms with Gasteiger partial charge >= 0.3 is 0 Å². The molecule has 2 N–H and O–H groups in total. The van der Waals surface area contributed by atoms with Crippen LogP contribution >= 0.6 is 11.3 Å². The van der Waals surface area contributed by atoms with Gasteiger partial charge in [0.25, 0.3) is 0 Å². The van der Waals surface area contributed by atoms with E-state index < -0.39 is 0 Å². The van der Waals surface area contributed by atoms with Crippen molar-refractivity contribution < 1.29 is 4.79 Å². The van der Waals surface area contributed by atoms with Crippen LogP contribution in [-0.2, 0) is 11.3 Å². The molecule has 0 saturated carbocycles. The molecule has 1 aromatic rings. The third kappa shape index (κ3) is 3.93. The van der Waals surface area contributed by atoms with Gasteiger partial charge in [0.15, 0.2) is 5.13 Å². The Labute approximate surface area is 124 Å². The Kier molecular flexibility index (Phi) is 5.79. The van der Waals surface area contributed by atoms with Crippen LogP contribution < -0.4 is 10.6 Å². The predicted octanol–water partition coefficient (Wildman–Crippen LogP) is 2.07. The van der Waals surface area contributed by atoms with Crippen LogP contribution in [0.1, 0.15) is 37.5 Å². The summed E-state index contributed by atoms with van der Waals surface area (Å²) in [6, 6.07) is 0.0166. The van der Waals surface area contributed by atoms with Gasteiger partial charge in [0.05, 0.1) is 6.04 Å². The van der Waals surface area contributed by atoms with Crippen molar-refractivity contribution >= 4 is 22.4 Å². The van der Waals surface area contributed by atoms with Crippen molar-refractivity contribution in [2.75, 3.05) is 25.5 Å². The highest BCUT2D eigenvalue weighted by molar-refractivity contribution is 7.15. The van der Waals surface area contributed by atoms with Gasteiger partial charge in [-0.05, 0) is 25.8 Å². The maximum absolute atomic E-state index is 11.9. The monoisotopic (exact) mass is 296 g/mol. The lowest BCUT2D eigenvalue weighted by atomic mass is 10.0. The summed E-state index contributed by atoms with van der Waals surface area (Å²) in [5.41, 5.74) is 0. The topological polar surface area (TPSA) is 57.3 Å². The van der Waals surface area contributed by atoms with Gasteiger partial charge in [-0.2, -0.15) is 0 Å². The molecule has 1 unspecified atom stereocenters. The highest BCUT2D eigenvalue weighted by Gasteiger charge is 2.28. The molecule has 1 amide bonds. The van der Waals surface area contributed by atoms with Gasteiger partial charge < -0.3 is 10.6 Å². The van der Waals surface area contributed by atoms with Crippen molar-refractivity contribution in [3.8, 4) is 0 Å². The maximum atomic E-state index is 11.9. The first kappa shape index (κ1) is 15.3. The quantitative estimate of drug-likeness (QED) is 0.844. The summed E-state index contributed by atoms with van der Waals surface area (Å²) in [6.45, 7) is 4.91. The van der Waals surface area contributed by atoms with Crippen molar-refractivity contribution in [3.63, 3.8) is 0 Å². The van der Waals surface area contributed by atoms with Gasteiger partial charge in [-0.3, -0.25) is 9.69 Å². The van der Waals surface area contributed by atoms with E-state index in [0.29, 0.717) is 0 Å². The fourth-order valence-electron chi connectivity index (χ4n) is 2.54. The zero-order valence-electron chi connectivity index (χ0n) is 12.3. The van der Waals surface area contributed by atoms with E-state index in [-0.39, 0.29) is 11.9 Å². The second kappa shape index (κ2) is 7.59. The van der Waals surface area contributed by atoms with Crippen molar-refractivity contribution in [1.82, 2.24) is 15.2 Å². The number of aromatic nitrogens is 1. The van der Waals surface area contributed by atoms with Crippen LogP contribution in [0.25, 0.3) is 0 Å². The molecule has 5 nitrogen and oxygen atoms in total. The lowest BCUT2D eigenvalue weighted by Gasteiger charge is -2.33. The van der Waals surface area contributed by atoms with Gasteiger partial charge in [0.2, 0.25) is 5.91 Å². The van der Waals surface area contributed by atoms with E-state index in [2.05, 4.69) is 27.4 Å². The number of carbonyl (C=O) groups is 1. The number of thiazole rings is 1. The first-order valence-electron chi connectivity index (χ1n) is 7.38. The van der Waals surface area contributed by atoms with E-state index >= 15 is 0 Å². The summed E-state index contributed by atoms with van der Waals surface area (Å²) in [4.78, 5) is 19.8. The number of amides is 1. The molecule has 1 aliphatic heterocycles. The highest BCUT2D eigenvalue weighted by Crippen LogP contribution is 2.24. The van der Waals surface area contributed by atoms with Gasteiger partial charge in [-0.25, -0.2) is 4.98 Å². The Morgan fingerprint density at radius 3 is 3.15 bits per heavy atom. The SMILES string of the molecule is CCCNc1ncc(CN2CCCCC2C(=O)NC)s1. The molecule has 1 saturated heterocycles. The first-order valence-corrected chi connectivity index (χ1v) is 8.20. The van der Waals surface area contributed by atoms with Crippen LogP contribution in [0.5, 0.6) is 0 Å². The second-order valence-electron chi connectivity index (χ2n) is 5.15. The number of likely N-dealkylation sites (N-methyl/N-ethyl adjacent to an activating group) is 1. The molecular weight excluding hydrogens is 272 g/mol. The van der Waals surface area contributed by atoms with E-state index in [1.54, 1.807) is 18.4 Å². The number of hydrogen-bond donors (Lipinski definition) is 2. The Balaban J connectivity index is 1.96. The standard InChI is InChI=1S/C14H24N4OS/c1-3-7-16-14-17-9-11(20-14)10-18-8-5-4-6-12(18)13(19)15-2/h9,12H,3-8,10H2,1-2H3,(H,15,19)(H,16,17). The molecule has 2 heterocycles. The number of anilines is 1. The average Bonchev–Trinajstić information content (AvgIpc) is 2.92. The van der Waals surface area contributed by atoms with E-state index in [9.17, 15) is 4.79 Å². The van der Waals surface area contributed by atoms with Crippen LogP contribution in [0.2, 0.25) is 0 Å². The third-order valence-electron chi connectivity index (χ3n) is 3.60. The smallest absolute Gasteiger partial charge is 0.237 e. The fourth-order valence-corrected chi connectivity index (χ4v) is 3.40. The molecule has 0 spiro atoms. The lowest BCUT2D eigenvalue weighted by Crippen LogP contribution is -2.48. The van der Waals surface area contributed by atoms with E-state index in [0.717, 1.165) is 44.0 Å². The Bertz CT molecular complexity index is 435. The van der Waals surface area contributed by atoms with Gasteiger partial charge in [0, 0.05) is 31.2 Å². The van der Waals surface area contributed by atoms with Gasteiger partial charge in [-0.1, -0.05) is 13.3 Å². The molecule has 1 aromatic heterocycles. The van der Waals surface area contributed by atoms with E-state index in [1.807, 2.05) is 6.20 Å². The lowest BCUT2D eigenvalue weighted by molar-refractivity contribution is -0.127.